The van der Waals surface area contributed by atoms with Crippen molar-refractivity contribution in [2.45, 2.75) is 44.2 Å². The van der Waals surface area contributed by atoms with Crippen LogP contribution in [-0.4, -0.2) is 66.2 Å². The molecule has 0 aromatic heterocycles. The van der Waals surface area contributed by atoms with Crippen LogP contribution < -0.4 is 5.32 Å². The van der Waals surface area contributed by atoms with Gasteiger partial charge in [0, 0.05) is 19.1 Å². The van der Waals surface area contributed by atoms with Crippen molar-refractivity contribution in [2.24, 2.45) is 5.92 Å². The number of carboxylic acids is 1. The number of urea groups is 1. The number of hydrogen-bond donors (Lipinski definition) is 2. The van der Waals surface area contributed by atoms with E-state index < -0.39 is 11.9 Å². The van der Waals surface area contributed by atoms with Crippen LogP contribution in [0.4, 0.5) is 4.79 Å². The number of aliphatic carboxylic acids is 1. The highest BCUT2D eigenvalue weighted by molar-refractivity contribution is 5.77. The number of carbonyl (C=O) groups excluding carboxylic acids is 1. The number of amides is 2. The Morgan fingerprint density at radius 1 is 1.20 bits per heavy atom. The monoisotopic (exact) mass is 283 g/mol. The number of nitrogens with zero attached hydrogens (tertiary/aromatic N) is 2. The summed E-state index contributed by atoms with van der Waals surface area (Å²) in [5.41, 5.74) is 0. The van der Waals surface area contributed by atoms with Gasteiger partial charge in [-0.15, -0.1) is 0 Å². The quantitative estimate of drug-likeness (QED) is 0.809. The van der Waals surface area contributed by atoms with Crippen molar-refractivity contribution in [3.63, 3.8) is 0 Å². The molecule has 1 aliphatic carbocycles. The number of rotatable bonds is 3. The summed E-state index contributed by atoms with van der Waals surface area (Å²) in [4.78, 5) is 27.4. The fourth-order valence-electron chi connectivity index (χ4n) is 3.24. The molecule has 0 bridgehead atoms. The average molecular weight is 283 g/mol. The lowest BCUT2D eigenvalue weighted by atomic mass is 10.0. The Labute approximate surface area is 120 Å². The van der Waals surface area contributed by atoms with Gasteiger partial charge in [-0.25, -0.2) is 4.79 Å². The third kappa shape index (κ3) is 3.42. The van der Waals surface area contributed by atoms with E-state index in [0.717, 1.165) is 38.8 Å². The Hall–Kier alpha value is -1.30. The Kier molecular flexibility index (Phi) is 4.86. The molecule has 0 spiro atoms. The molecule has 2 amide bonds. The molecule has 20 heavy (non-hydrogen) atoms. The minimum absolute atomic E-state index is 0.127. The lowest BCUT2D eigenvalue weighted by Crippen LogP contribution is -2.51. The molecule has 2 atom stereocenters. The van der Waals surface area contributed by atoms with Crippen LogP contribution >= 0.6 is 0 Å². The first kappa shape index (κ1) is 15.1. The molecule has 2 unspecified atom stereocenters. The molecule has 6 nitrogen and oxygen atoms in total. The molecule has 0 aromatic rings. The molecule has 1 aliphatic heterocycles. The topological polar surface area (TPSA) is 72.9 Å². The summed E-state index contributed by atoms with van der Waals surface area (Å²) in [6.45, 7) is 2.01. The van der Waals surface area contributed by atoms with Crippen LogP contribution in [0, 0.1) is 5.92 Å². The fourth-order valence-corrected chi connectivity index (χ4v) is 3.24. The van der Waals surface area contributed by atoms with E-state index in [1.807, 2.05) is 7.05 Å². The van der Waals surface area contributed by atoms with Gasteiger partial charge in [-0.2, -0.15) is 0 Å². The van der Waals surface area contributed by atoms with E-state index in [1.165, 1.54) is 0 Å². The van der Waals surface area contributed by atoms with Crippen molar-refractivity contribution < 1.29 is 14.7 Å². The number of hydrogen-bond acceptors (Lipinski definition) is 3. The summed E-state index contributed by atoms with van der Waals surface area (Å²) in [6, 6.07) is -0.0812. The van der Waals surface area contributed by atoms with E-state index in [-0.39, 0.29) is 18.1 Å². The van der Waals surface area contributed by atoms with Crippen LogP contribution in [0.15, 0.2) is 0 Å². The minimum Gasteiger partial charge on any atom is -0.481 e. The molecule has 2 N–H and O–H groups in total. The van der Waals surface area contributed by atoms with Gasteiger partial charge in [-0.1, -0.05) is 6.42 Å². The first-order valence-corrected chi connectivity index (χ1v) is 7.43. The van der Waals surface area contributed by atoms with Gasteiger partial charge in [0.25, 0.3) is 0 Å². The van der Waals surface area contributed by atoms with E-state index in [9.17, 15) is 9.59 Å². The average Bonchev–Trinajstić information content (AvgIpc) is 2.87. The van der Waals surface area contributed by atoms with E-state index >= 15 is 0 Å². The van der Waals surface area contributed by atoms with Crippen molar-refractivity contribution in [2.75, 3.05) is 27.2 Å². The van der Waals surface area contributed by atoms with E-state index in [1.54, 1.807) is 4.90 Å². The van der Waals surface area contributed by atoms with Gasteiger partial charge < -0.3 is 20.2 Å². The van der Waals surface area contributed by atoms with Crippen LogP contribution in [0.1, 0.15) is 32.1 Å². The lowest BCUT2D eigenvalue weighted by molar-refractivity contribution is -0.142. The number of carbonyl (C=O) groups is 2. The maximum absolute atomic E-state index is 12.3. The highest BCUT2D eigenvalue weighted by atomic mass is 16.4. The highest BCUT2D eigenvalue weighted by Gasteiger charge is 2.35. The standard InChI is InChI=1S/C14H25N3O3/c1-16-8-6-10(7-9-16)17(2)14(20)15-12-5-3-4-11(12)13(18)19/h10-12H,3-9H2,1-2H3,(H,15,20)(H,18,19). The van der Waals surface area contributed by atoms with E-state index in [2.05, 4.69) is 17.3 Å². The summed E-state index contributed by atoms with van der Waals surface area (Å²) in [5, 5.41) is 12.1. The molecule has 114 valence electrons. The number of carboxylic acid groups (broad SMARTS) is 1. The maximum Gasteiger partial charge on any atom is 0.317 e. The highest BCUT2D eigenvalue weighted by Crippen LogP contribution is 2.26. The zero-order chi connectivity index (χ0) is 14.7. The molecular formula is C14H25N3O3. The molecule has 2 fully saturated rings. The van der Waals surface area contributed by atoms with Crippen LogP contribution in [0.3, 0.4) is 0 Å². The SMILES string of the molecule is CN1CCC(N(C)C(=O)NC2CCCC2C(=O)O)CC1. The van der Waals surface area contributed by atoms with Crippen LogP contribution in [0.5, 0.6) is 0 Å². The largest absolute Gasteiger partial charge is 0.481 e. The molecular weight excluding hydrogens is 258 g/mol. The predicted molar refractivity (Wildman–Crippen MR) is 75.6 cm³/mol. The van der Waals surface area contributed by atoms with Crippen molar-refractivity contribution in [3.8, 4) is 0 Å². The number of likely N-dealkylation sites (tertiary alicyclic amines) is 1. The van der Waals surface area contributed by atoms with Gasteiger partial charge in [0.05, 0.1) is 5.92 Å². The Balaban J connectivity index is 1.86. The Morgan fingerprint density at radius 2 is 1.85 bits per heavy atom. The molecule has 6 heteroatoms. The maximum atomic E-state index is 12.3. The zero-order valence-electron chi connectivity index (χ0n) is 12.3. The van der Waals surface area contributed by atoms with Crippen LogP contribution in [0.2, 0.25) is 0 Å². The first-order chi connectivity index (χ1) is 9.49. The van der Waals surface area contributed by atoms with Crippen LogP contribution in [-0.2, 0) is 4.79 Å². The van der Waals surface area contributed by atoms with Crippen LogP contribution in [0.25, 0.3) is 0 Å². The third-order valence-electron chi connectivity index (χ3n) is 4.70. The summed E-state index contributed by atoms with van der Waals surface area (Å²) in [6.07, 6.45) is 4.27. The van der Waals surface area contributed by atoms with Gasteiger partial charge in [0.15, 0.2) is 0 Å². The normalized spacial score (nSPS) is 28.3. The lowest BCUT2D eigenvalue weighted by Gasteiger charge is -2.35. The summed E-state index contributed by atoms with van der Waals surface area (Å²) in [7, 11) is 3.91. The van der Waals surface area contributed by atoms with Gasteiger partial charge in [0.1, 0.15) is 0 Å². The minimum atomic E-state index is -0.797. The second kappa shape index (κ2) is 6.43. The van der Waals surface area contributed by atoms with Crippen molar-refractivity contribution in [1.82, 2.24) is 15.1 Å². The van der Waals surface area contributed by atoms with Crippen molar-refractivity contribution in [1.29, 1.82) is 0 Å². The molecule has 0 aromatic carbocycles. The molecule has 0 radical (unpaired) electrons. The molecule has 2 rings (SSSR count). The Bertz CT molecular complexity index is 367. The summed E-state index contributed by atoms with van der Waals surface area (Å²) in [5.74, 6) is -1.22. The smallest absolute Gasteiger partial charge is 0.317 e. The van der Waals surface area contributed by atoms with Crippen molar-refractivity contribution >= 4 is 12.0 Å². The molecule has 1 saturated heterocycles. The summed E-state index contributed by atoms with van der Waals surface area (Å²) < 4.78 is 0. The zero-order valence-corrected chi connectivity index (χ0v) is 12.3. The van der Waals surface area contributed by atoms with E-state index in [0.29, 0.717) is 6.42 Å². The number of nitrogens with one attached hydrogen (secondary N) is 1. The number of piperidine rings is 1. The van der Waals surface area contributed by atoms with Gasteiger partial charge >= 0.3 is 12.0 Å². The van der Waals surface area contributed by atoms with E-state index in [4.69, 9.17) is 5.11 Å². The second-order valence-corrected chi connectivity index (χ2v) is 6.08. The molecule has 2 aliphatic rings. The first-order valence-electron chi connectivity index (χ1n) is 7.43. The van der Waals surface area contributed by atoms with Gasteiger partial charge in [0.2, 0.25) is 0 Å². The third-order valence-corrected chi connectivity index (χ3v) is 4.70. The second-order valence-electron chi connectivity index (χ2n) is 6.08. The van der Waals surface area contributed by atoms with Gasteiger partial charge in [-0.05, 0) is 45.8 Å². The van der Waals surface area contributed by atoms with Gasteiger partial charge in [-0.3, -0.25) is 4.79 Å². The molecule has 1 saturated carbocycles. The fraction of sp³-hybridized carbons (Fsp3) is 0.857. The summed E-state index contributed by atoms with van der Waals surface area (Å²) >= 11 is 0. The van der Waals surface area contributed by atoms with Crippen molar-refractivity contribution in [3.05, 3.63) is 0 Å². The predicted octanol–water partition coefficient (Wildman–Crippen LogP) is 0.975. The Morgan fingerprint density at radius 3 is 2.45 bits per heavy atom. The molecule has 1 heterocycles.